The van der Waals surface area contributed by atoms with Crippen LogP contribution in [0, 0.1) is 0 Å². The molecule has 0 saturated heterocycles. The largest absolute Gasteiger partial charge is 0.399 e. The molecule has 0 saturated carbocycles. The Labute approximate surface area is 97.7 Å². The van der Waals surface area contributed by atoms with Gasteiger partial charge in [-0.1, -0.05) is 26.8 Å². The van der Waals surface area contributed by atoms with E-state index in [1.807, 2.05) is 12.1 Å². The lowest BCUT2D eigenvalue weighted by atomic mass is 10.1. The van der Waals surface area contributed by atoms with Gasteiger partial charge in [0.2, 0.25) is 0 Å². The Morgan fingerprint density at radius 3 is 2.53 bits per heavy atom. The summed E-state index contributed by atoms with van der Waals surface area (Å²) in [6.45, 7) is 7.21. The van der Waals surface area contributed by atoms with Gasteiger partial charge in [-0.25, -0.2) is 0 Å². The molecule has 0 bridgehead atoms. The number of benzene rings is 1. The van der Waals surface area contributed by atoms with Crippen LogP contribution in [0.1, 0.15) is 26.3 Å². The molecule has 1 aliphatic heterocycles. The average Bonchev–Trinajstić information content (AvgIpc) is 2.47. The molecule has 1 aromatic rings. The molecule has 2 nitrogen and oxygen atoms in total. The summed E-state index contributed by atoms with van der Waals surface area (Å²) in [6.07, 6.45) is 1.13. The molecule has 0 spiro atoms. The van der Waals surface area contributed by atoms with Gasteiger partial charge in [-0.15, -0.1) is 0 Å². The number of thiol groups is 1. The van der Waals surface area contributed by atoms with Crippen molar-refractivity contribution in [2.75, 3.05) is 17.6 Å². The minimum Gasteiger partial charge on any atom is -0.399 e. The van der Waals surface area contributed by atoms with Crippen molar-refractivity contribution < 1.29 is 0 Å². The number of hydrogen-bond acceptors (Lipinski definition) is 3. The number of fused-ring (bicyclic) bond motifs is 1. The molecule has 1 aromatic carbocycles. The average molecular weight is 224 g/mol. The van der Waals surface area contributed by atoms with Crippen LogP contribution in [-0.4, -0.2) is 11.3 Å². The Balaban J connectivity index is 0.000000195. The molecule has 0 unspecified atom stereocenters. The van der Waals surface area contributed by atoms with Gasteiger partial charge >= 0.3 is 0 Å². The molecular weight excluding hydrogens is 204 g/mol. The first-order valence-electron chi connectivity index (χ1n) is 5.21. The summed E-state index contributed by atoms with van der Waals surface area (Å²) in [5, 5.41) is 3.26. The van der Waals surface area contributed by atoms with E-state index >= 15 is 0 Å². The Hall–Kier alpha value is -0.830. The number of nitrogen functional groups attached to an aromatic ring is 1. The molecule has 2 rings (SSSR count). The van der Waals surface area contributed by atoms with Gasteiger partial charge in [-0.3, -0.25) is 0 Å². The summed E-state index contributed by atoms with van der Waals surface area (Å²) in [5.41, 5.74) is 9.02. The third kappa shape index (κ3) is 4.98. The van der Waals surface area contributed by atoms with Crippen molar-refractivity contribution >= 4 is 24.0 Å². The van der Waals surface area contributed by atoms with E-state index in [1.54, 1.807) is 0 Å². The molecule has 3 N–H and O–H groups in total. The quantitative estimate of drug-likeness (QED) is 0.468. The Morgan fingerprint density at radius 1 is 1.33 bits per heavy atom. The molecule has 3 heteroatoms. The van der Waals surface area contributed by atoms with Crippen molar-refractivity contribution in [3.05, 3.63) is 23.8 Å². The second-order valence-corrected chi connectivity index (χ2v) is 6.11. The van der Waals surface area contributed by atoms with Gasteiger partial charge in [-0.05, 0) is 24.1 Å². The third-order valence-corrected chi connectivity index (χ3v) is 1.84. The summed E-state index contributed by atoms with van der Waals surface area (Å²) < 4.78 is 0.194. The molecule has 0 amide bonds. The Bertz CT molecular complexity index is 323. The number of nitrogens with two attached hydrogens (primary N) is 1. The molecule has 0 atom stereocenters. The summed E-state index contributed by atoms with van der Waals surface area (Å²) in [6, 6.07) is 6.03. The normalized spacial score (nSPS) is 13.6. The van der Waals surface area contributed by atoms with Crippen molar-refractivity contribution in [2.24, 2.45) is 0 Å². The van der Waals surface area contributed by atoms with Gasteiger partial charge in [0.05, 0.1) is 0 Å². The van der Waals surface area contributed by atoms with Gasteiger partial charge in [0.1, 0.15) is 0 Å². The first-order valence-corrected chi connectivity index (χ1v) is 5.65. The van der Waals surface area contributed by atoms with Crippen LogP contribution in [0.25, 0.3) is 0 Å². The highest BCUT2D eigenvalue weighted by Gasteiger charge is 2.07. The maximum absolute atomic E-state index is 5.59. The van der Waals surface area contributed by atoms with Gasteiger partial charge < -0.3 is 11.1 Å². The molecule has 0 aromatic heterocycles. The van der Waals surface area contributed by atoms with Crippen molar-refractivity contribution in [1.82, 2.24) is 0 Å². The maximum Gasteiger partial charge on any atom is 0.0394 e. The second-order valence-electron chi connectivity index (χ2n) is 4.76. The summed E-state index contributed by atoms with van der Waals surface area (Å²) in [5.74, 6) is 0. The highest BCUT2D eigenvalue weighted by Crippen LogP contribution is 2.23. The maximum atomic E-state index is 5.59. The predicted octanol–water partition coefficient (Wildman–Crippen LogP) is 2.95. The minimum absolute atomic E-state index is 0.194. The standard InChI is InChI=1S/C8H10N2.C4H10S/c9-7-2-1-6-3-4-10-8(6)5-7;1-4(2,3)5/h1-2,5,10H,3-4,9H2;5H,1-3H3. The van der Waals surface area contributed by atoms with Gasteiger partial charge in [0.15, 0.2) is 0 Å². The van der Waals surface area contributed by atoms with Crippen LogP contribution in [0.2, 0.25) is 0 Å². The number of rotatable bonds is 0. The van der Waals surface area contributed by atoms with Crippen molar-refractivity contribution in [3.63, 3.8) is 0 Å². The summed E-state index contributed by atoms with van der Waals surface area (Å²) in [4.78, 5) is 0. The minimum atomic E-state index is 0.194. The lowest BCUT2D eigenvalue weighted by Crippen LogP contribution is -1.99. The van der Waals surface area contributed by atoms with Crippen LogP contribution >= 0.6 is 12.6 Å². The van der Waals surface area contributed by atoms with Crippen LogP contribution in [0.3, 0.4) is 0 Å². The highest BCUT2D eigenvalue weighted by atomic mass is 32.1. The lowest BCUT2D eigenvalue weighted by Gasteiger charge is -2.04. The van der Waals surface area contributed by atoms with Crippen molar-refractivity contribution in [2.45, 2.75) is 31.9 Å². The van der Waals surface area contributed by atoms with E-state index < -0.39 is 0 Å². The zero-order valence-corrected chi connectivity index (χ0v) is 10.6. The molecule has 0 aliphatic carbocycles. The third-order valence-electron chi connectivity index (χ3n) is 1.84. The number of hydrogen-bond donors (Lipinski definition) is 3. The molecule has 0 radical (unpaired) electrons. The van der Waals surface area contributed by atoms with Gasteiger partial charge in [0, 0.05) is 22.7 Å². The molecule has 0 fully saturated rings. The first-order chi connectivity index (χ1) is 6.86. The highest BCUT2D eigenvalue weighted by molar-refractivity contribution is 7.81. The molecule has 15 heavy (non-hydrogen) atoms. The first kappa shape index (κ1) is 12.2. The smallest absolute Gasteiger partial charge is 0.0394 e. The summed E-state index contributed by atoms with van der Waals surface area (Å²) >= 11 is 4.12. The van der Waals surface area contributed by atoms with Crippen LogP contribution < -0.4 is 11.1 Å². The van der Waals surface area contributed by atoms with E-state index in [2.05, 4.69) is 44.8 Å². The Morgan fingerprint density at radius 2 is 1.93 bits per heavy atom. The fourth-order valence-corrected chi connectivity index (χ4v) is 1.31. The zero-order chi connectivity index (χ0) is 11.5. The fourth-order valence-electron chi connectivity index (χ4n) is 1.31. The van der Waals surface area contributed by atoms with E-state index in [0.29, 0.717) is 0 Å². The molecule has 1 heterocycles. The Kier molecular flexibility index (Phi) is 3.91. The van der Waals surface area contributed by atoms with E-state index in [1.165, 1.54) is 11.3 Å². The summed E-state index contributed by atoms with van der Waals surface area (Å²) in [7, 11) is 0. The number of nitrogens with one attached hydrogen (secondary N) is 1. The van der Waals surface area contributed by atoms with Crippen molar-refractivity contribution in [1.29, 1.82) is 0 Å². The van der Waals surface area contributed by atoms with Crippen LogP contribution in [-0.2, 0) is 6.42 Å². The zero-order valence-electron chi connectivity index (χ0n) is 9.67. The van der Waals surface area contributed by atoms with E-state index in [9.17, 15) is 0 Å². The number of anilines is 2. The van der Waals surface area contributed by atoms with Gasteiger partial charge in [0.25, 0.3) is 0 Å². The van der Waals surface area contributed by atoms with Crippen LogP contribution in [0.4, 0.5) is 11.4 Å². The van der Waals surface area contributed by atoms with Crippen LogP contribution in [0.15, 0.2) is 18.2 Å². The lowest BCUT2D eigenvalue weighted by molar-refractivity contribution is 0.812. The van der Waals surface area contributed by atoms with E-state index in [4.69, 9.17) is 5.73 Å². The second kappa shape index (κ2) is 4.79. The predicted molar refractivity (Wildman–Crippen MR) is 71.8 cm³/mol. The molecule has 1 aliphatic rings. The SMILES string of the molecule is CC(C)(C)S.Nc1ccc2c(c1)NCC2. The monoisotopic (exact) mass is 224 g/mol. The van der Waals surface area contributed by atoms with Crippen LogP contribution in [0.5, 0.6) is 0 Å². The fraction of sp³-hybridized carbons (Fsp3) is 0.500. The van der Waals surface area contributed by atoms with E-state index in [0.717, 1.165) is 18.7 Å². The van der Waals surface area contributed by atoms with Crippen molar-refractivity contribution in [3.8, 4) is 0 Å². The molecular formula is C12H20N2S. The van der Waals surface area contributed by atoms with E-state index in [-0.39, 0.29) is 4.75 Å². The molecule has 84 valence electrons. The van der Waals surface area contributed by atoms with Gasteiger partial charge in [-0.2, -0.15) is 12.6 Å². The topological polar surface area (TPSA) is 38.0 Å².